The Morgan fingerprint density at radius 3 is 1.83 bits per heavy atom. The van der Waals surface area contributed by atoms with Gasteiger partial charge in [-0.3, -0.25) is 0 Å². The van der Waals surface area contributed by atoms with Crippen LogP contribution in [-0.4, -0.2) is 58.8 Å². The van der Waals surface area contributed by atoms with Crippen molar-refractivity contribution in [3.05, 3.63) is 0 Å². The molecule has 0 saturated carbocycles. The van der Waals surface area contributed by atoms with Gasteiger partial charge in [-0.05, 0) is 51.7 Å². The van der Waals surface area contributed by atoms with Crippen molar-refractivity contribution in [2.24, 2.45) is 0 Å². The van der Waals surface area contributed by atoms with Crippen LogP contribution in [0.3, 0.4) is 0 Å². The second-order valence-corrected chi connectivity index (χ2v) is 7.61. The summed E-state index contributed by atoms with van der Waals surface area (Å²) in [4.78, 5) is 27.3. The largest absolute Gasteiger partial charge is 0.368 e. The summed E-state index contributed by atoms with van der Waals surface area (Å²) in [5.74, 6) is 0.884. The van der Waals surface area contributed by atoms with Crippen LogP contribution >= 0.6 is 0 Å². The molecule has 0 fully saturated rings. The van der Waals surface area contributed by atoms with E-state index >= 15 is 0 Å². The normalized spacial score (nSPS) is 11.1. The first-order valence-electron chi connectivity index (χ1n) is 11.3. The van der Waals surface area contributed by atoms with Gasteiger partial charge in [0, 0.05) is 19.4 Å². The zero-order valence-electron chi connectivity index (χ0n) is 17.9. The summed E-state index contributed by atoms with van der Waals surface area (Å²) in [5.41, 5.74) is 5.53. The molecule has 0 bridgehead atoms. The van der Waals surface area contributed by atoms with Crippen molar-refractivity contribution in [1.29, 1.82) is 0 Å². The van der Waals surface area contributed by atoms with Crippen LogP contribution in [0, 0.1) is 0 Å². The van der Waals surface area contributed by atoms with Crippen LogP contribution in [0.25, 0.3) is 0 Å². The summed E-state index contributed by atoms with van der Waals surface area (Å²) in [6, 6.07) is 0. The Balaban J connectivity index is 2.18. The predicted molar refractivity (Wildman–Crippen MR) is 118 cm³/mol. The highest BCUT2D eigenvalue weighted by Crippen LogP contribution is 2.09. The third kappa shape index (κ3) is 14.7. The summed E-state index contributed by atoms with van der Waals surface area (Å²) in [6.07, 6.45) is 16.1. The maximum atomic E-state index is 10.4. The lowest BCUT2D eigenvalue weighted by Crippen LogP contribution is -2.28. The number of carbonyl (C=O) groups is 2. The van der Waals surface area contributed by atoms with E-state index in [0.717, 1.165) is 70.9 Å². The van der Waals surface area contributed by atoms with Crippen molar-refractivity contribution in [2.75, 3.05) is 37.2 Å². The average molecular weight is 409 g/mol. The number of aromatic amines is 1. The highest BCUT2D eigenvalue weighted by Gasteiger charge is 2.06. The third-order valence-electron chi connectivity index (χ3n) is 5.03. The number of unbranched alkanes of at least 4 members (excludes halogenated alkanes) is 10. The molecule has 1 aromatic rings. The maximum Gasteiger partial charge on any atom is 0.243 e. The number of anilines is 2. The van der Waals surface area contributed by atoms with Gasteiger partial charge >= 0.3 is 0 Å². The fourth-order valence-corrected chi connectivity index (χ4v) is 3.38. The molecule has 0 aliphatic rings. The van der Waals surface area contributed by atoms with Gasteiger partial charge < -0.3 is 25.5 Å². The molecule has 1 heterocycles. The van der Waals surface area contributed by atoms with Crippen LogP contribution in [0.15, 0.2) is 0 Å². The molecule has 166 valence electrons. The molecular formula is C21H40N6O2. The van der Waals surface area contributed by atoms with Crippen molar-refractivity contribution < 1.29 is 9.59 Å². The maximum absolute atomic E-state index is 10.4. The fraction of sp³-hybridized carbons (Fsp3) is 0.810. The summed E-state index contributed by atoms with van der Waals surface area (Å²) < 4.78 is 0. The number of nitrogen functional groups attached to an aromatic ring is 1. The number of rotatable bonds is 21. The molecule has 0 spiro atoms. The number of H-pyrrole nitrogens is 1. The van der Waals surface area contributed by atoms with Crippen LogP contribution < -0.4 is 11.1 Å². The molecule has 1 aromatic heterocycles. The zero-order valence-corrected chi connectivity index (χ0v) is 17.9. The number of carbonyl (C=O) groups excluding carboxylic acids is 2. The lowest BCUT2D eigenvalue weighted by Gasteiger charge is -2.22. The van der Waals surface area contributed by atoms with E-state index in [2.05, 4.69) is 25.4 Å². The Kier molecular flexibility index (Phi) is 15.6. The summed E-state index contributed by atoms with van der Waals surface area (Å²) in [6.45, 7) is 4.15. The van der Waals surface area contributed by atoms with Crippen LogP contribution in [0.2, 0.25) is 0 Å². The first kappa shape index (κ1) is 25.1. The minimum atomic E-state index is 0.329. The van der Waals surface area contributed by atoms with E-state index in [0.29, 0.717) is 24.7 Å². The zero-order chi connectivity index (χ0) is 21.0. The highest BCUT2D eigenvalue weighted by atomic mass is 16.1. The summed E-state index contributed by atoms with van der Waals surface area (Å²) in [5, 5.41) is 9.81. The number of aromatic nitrogens is 3. The molecule has 4 N–H and O–H groups in total. The number of hydrogen-bond donors (Lipinski definition) is 3. The van der Waals surface area contributed by atoms with Crippen LogP contribution in [0.4, 0.5) is 11.9 Å². The molecule has 0 atom stereocenters. The molecule has 0 saturated heterocycles. The monoisotopic (exact) mass is 408 g/mol. The minimum Gasteiger partial charge on any atom is -0.368 e. The highest BCUT2D eigenvalue weighted by molar-refractivity contribution is 5.49. The molecule has 8 nitrogen and oxygen atoms in total. The number of hydrogen-bond acceptors (Lipinski definition) is 7. The third-order valence-corrected chi connectivity index (χ3v) is 5.03. The minimum absolute atomic E-state index is 0.329. The quantitative estimate of drug-likeness (QED) is 0.210. The Hall–Kier alpha value is -1.96. The van der Waals surface area contributed by atoms with E-state index in [1.54, 1.807) is 0 Å². The van der Waals surface area contributed by atoms with E-state index in [1.807, 2.05) is 0 Å². The molecule has 0 aliphatic carbocycles. The molecule has 0 aromatic carbocycles. The standard InChI is InChI=1S/C21H40N6O2/c22-20-24-21(26-25-20)23-14-13-17-27(15-9-5-1-3-7-11-18-28)16-10-6-2-4-8-12-19-29/h18-19H,1-17H2,(H4,22,23,24,25,26). The first-order chi connectivity index (χ1) is 14.3. The predicted octanol–water partition coefficient (Wildman–Crippen LogP) is 3.57. The Morgan fingerprint density at radius 1 is 0.793 bits per heavy atom. The van der Waals surface area contributed by atoms with Crippen LogP contribution in [0.1, 0.15) is 83.5 Å². The van der Waals surface area contributed by atoms with Crippen molar-refractivity contribution in [1.82, 2.24) is 20.1 Å². The van der Waals surface area contributed by atoms with Gasteiger partial charge in [0.05, 0.1) is 0 Å². The van der Waals surface area contributed by atoms with Gasteiger partial charge in [0.15, 0.2) is 0 Å². The molecule has 1 rings (SSSR count). The molecule has 0 amide bonds. The second-order valence-electron chi connectivity index (χ2n) is 7.61. The van der Waals surface area contributed by atoms with Gasteiger partial charge in [0.1, 0.15) is 12.6 Å². The van der Waals surface area contributed by atoms with Gasteiger partial charge in [0.2, 0.25) is 11.9 Å². The Labute approximate surface area is 175 Å². The van der Waals surface area contributed by atoms with Gasteiger partial charge in [-0.25, -0.2) is 5.10 Å². The fourth-order valence-electron chi connectivity index (χ4n) is 3.38. The lowest BCUT2D eigenvalue weighted by atomic mass is 10.1. The molecular weight excluding hydrogens is 368 g/mol. The first-order valence-corrected chi connectivity index (χ1v) is 11.3. The molecule has 0 unspecified atom stereocenters. The van der Waals surface area contributed by atoms with E-state index < -0.39 is 0 Å². The molecule has 0 aliphatic heterocycles. The van der Waals surface area contributed by atoms with Crippen molar-refractivity contribution in [3.63, 3.8) is 0 Å². The summed E-state index contributed by atoms with van der Waals surface area (Å²) >= 11 is 0. The van der Waals surface area contributed by atoms with E-state index in [1.165, 1.54) is 38.5 Å². The Bertz CT molecular complexity index is 501. The van der Waals surface area contributed by atoms with E-state index in [-0.39, 0.29) is 0 Å². The molecule has 8 heteroatoms. The number of nitrogens with two attached hydrogens (primary N) is 1. The van der Waals surface area contributed by atoms with Crippen molar-refractivity contribution in [2.45, 2.75) is 83.5 Å². The number of nitrogens with one attached hydrogen (secondary N) is 2. The molecule has 29 heavy (non-hydrogen) atoms. The smallest absolute Gasteiger partial charge is 0.243 e. The lowest BCUT2D eigenvalue weighted by molar-refractivity contribution is -0.108. The van der Waals surface area contributed by atoms with Gasteiger partial charge in [-0.2, -0.15) is 4.98 Å². The average Bonchev–Trinajstić information content (AvgIpc) is 3.14. The Morgan fingerprint density at radius 2 is 1.31 bits per heavy atom. The number of aldehydes is 2. The van der Waals surface area contributed by atoms with Gasteiger partial charge in [0.25, 0.3) is 0 Å². The van der Waals surface area contributed by atoms with Gasteiger partial charge in [-0.15, -0.1) is 5.10 Å². The molecule has 0 radical (unpaired) electrons. The topological polar surface area (TPSA) is 117 Å². The van der Waals surface area contributed by atoms with E-state index in [4.69, 9.17) is 5.73 Å². The van der Waals surface area contributed by atoms with Crippen molar-refractivity contribution >= 4 is 24.5 Å². The van der Waals surface area contributed by atoms with Crippen molar-refractivity contribution in [3.8, 4) is 0 Å². The van der Waals surface area contributed by atoms with Crippen LogP contribution in [-0.2, 0) is 9.59 Å². The second kappa shape index (κ2) is 18.1. The number of nitrogens with zero attached hydrogens (tertiary/aromatic N) is 3. The van der Waals surface area contributed by atoms with Gasteiger partial charge in [-0.1, -0.05) is 38.5 Å². The van der Waals surface area contributed by atoms with Crippen LogP contribution in [0.5, 0.6) is 0 Å². The van der Waals surface area contributed by atoms with E-state index in [9.17, 15) is 9.59 Å². The SMILES string of the molecule is Nc1nc(NCCCN(CCCCCCCC=O)CCCCCCCC=O)n[nH]1. The summed E-state index contributed by atoms with van der Waals surface area (Å²) in [7, 11) is 0.